The number of nitrogens with one attached hydrogen (secondary N) is 2. The molecule has 0 bridgehead atoms. The van der Waals surface area contributed by atoms with Crippen LogP contribution in [-0.2, 0) is 47.6 Å². The lowest BCUT2D eigenvalue weighted by Gasteiger charge is -2.44. The second-order valence-corrected chi connectivity index (χ2v) is 9.58. The average molecular weight is 533 g/mol. The van der Waals surface area contributed by atoms with Gasteiger partial charge in [-0.15, -0.1) is 0 Å². The first-order valence-electron chi connectivity index (χ1n) is 12.2. The lowest BCUT2D eigenvalue weighted by molar-refractivity contribution is -0.277. The van der Waals surface area contributed by atoms with Gasteiger partial charge in [0.25, 0.3) is 0 Å². The second kappa shape index (κ2) is 15.4. The van der Waals surface area contributed by atoms with Crippen LogP contribution in [0.15, 0.2) is 0 Å². The van der Waals surface area contributed by atoms with Crippen molar-refractivity contribution in [3.05, 3.63) is 0 Å². The highest BCUT2D eigenvalue weighted by Gasteiger charge is 2.51. The molecular weight excluding hydrogens is 492 g/mol. The fourth-order valence-electron chi connectivity index (χ4n) is 3.54. The van der Waals surface area contributed by atoms with Crippen molar-refractivity contribution in [1.29, 1.82) is 0 Å². The standard InChI is InChI=1S/C24H40N2O11/c1-14(27)26-19-21(35-17(4)30)20(34-16(3)29)18(13-33-15(2)28)36-22(19)32-12-10-8-9-11-25-23(31)37-24(5,6)7/h18-22H,8-13H2,1-7H3,(H,25,31)(H,26,27)/t18-,19-,20+,21-,22?/m1/s1. The van der Waals surface area contributed by atoms with Gasteiger partial charge in [-0.25, -0.2) is 4.79 Å². The zero-order valence-corrected chi connectivity index (χ0v) is 22.6. The molecule has 1 aliphatic rings. The Morgan fingerprint density at radius 2 is 1.46 bits per heavy atom. The zero-order chi connectivity index (χ0) is 28.2. The van der Waals surface area contributed by atoms with Crippen LogP contribution < -0.4 is 10.6 Å². The Morgan fingerprint density at radius 1 is 0.838 bits per heavy atom. The van der Waals surface area contributed by atoms with Gasteiger partial charge in [-0.3, -0.25) is 19.2 Å². The minimum atomic E-state index is -1.17. The average Bonchev–Trinajstić information content (AvgIpc) is 2.73. The SMILES string of the molecule is CC(=O)N[C@H]1C(OCCCCCNC(=O)OC(C)(C)C)O[C@H](COC(C)=O)[C@H](OC(C)=O)[C@@H]1OC(C)=O. The van der Waals surface area contributed by atoms with Gasteiger partial charge >= 0.3 is 24.0 Å². The molecule has 0 aromatic carbocycles. The minimum Gasteiger partial charge on any atom is -0.463 e. The molecule has 0 aromatic rings. The van der Waals surface area contributed by atoms with Crippen molar-refractivity contribution in [2.24, 2.45) is 0 Å². The molecule has 1 aliphatic heterocycles. The van der Waals surface area contributed by atoms with Crippen LogP contribution in [0.2, 0.25) is 0 Å². The van der Waals surface area contributed by atoms with Gasteiger partial charge in [0.2, 0.25) is 5.91 Å². The minimum absolute atomic E-state index is 0.207. The summed E-state index contributed by atoms with van der Waals surface area (Å²) < 4.78 is 32.8. The normalized spacial score (nSPS) is 23.4. The van der Waals surface area contributed by atoms with Gasteiger partial charge in [-0.1, -0.05) is 0 Å². The number of carbonyl (C=O) groups is 5. The largest absolute Gasteiger partial charge is 0.463 e. The number of carbonyl (C=O) groups excluding carboxylic acids is 5. The molecule has 0 aromatic heterocycles. The molecule has 1 rings (SSSR count). The number of hydrogen-bond acceptors (Lipinski definition) is 11. The van der Waals surface area contributed by atoms with Crippen molar-refractivity contribution in [3.8, 4) is 0 Å². The highest BCUT2D eigenvalue weighted by Crippen LogP contribution is 2.28. The van der Waals surface area contributed by atoms with E-state index in [1.54, 1.807) is 20.8 Å². The number of alkyl carbamates (subject to hydrolysis) is 1. The first kappa shape index (κ1) is 32.1. The number of amides is 2. The summed E-state index contributed by atoms with van der Waals surface area (Å²) in [6.45, 7) is 10.5. The van der Waals surface area contributed by atoms with Crippen LogP contribution in [0, 0.1) is 0 Å². The molecule has 1 heterocycles. The number of esters is 3. The highest BCUT2D eigenvalue weighted by molar-refractivity contribution is 5.73. The third-order valence-electron chi connectivity index (χ3n) is 4.84. The molecule has 37 heavy (non-hydrogen) atoms. The van der Waals surface area contributed by atoms with Crippen LogP contribution in [0.1, 0.15) is 67.7 Å². The molecule has 1 unspecified atom stereocenters. The molecule has 1 fully saturated rings. The summed E-state index contributed by atoms with van der Waals surface area (Å²) in [4.78, 5) is 58.6. The molecule has 13 nitrogen and oxygen atoms in total. The molecule has 13 heteroatoms. The third-order valence-corrected chi connectivity index (χ3v) is 4.84. The summed E-state index contributed by atoms with van der Waals surface area (Å²) in [7, 11) is 0. The topological polar surface area (TPSA) is 165 Å². The Kier molecular flexibility index (Phi) is 13.3. The third kappa shape index (κ3) is 13.3. The maximum Gasteiger partial charge on any atom is 0.407 e. The fraction of sp³-hybridized carbons (Fsp3) is 0.792. The van der Waals surface area contributed by atoms with Gasteiger partial charge < -0.3 is 39.1 Å². The molecule has 2 N–H and O–H groups in total. The Labute approximate surface area is 217 Å². The quantitative estimate of drug-likeness (QED) is 0.212. The van der Waals surface area contributed by atoms with Crippen molar-refractivity contribution in [2.45, 2.75) is 104 Å². The van der Waals surface area contributed by atoms with Crippen LogP contribution >= 0.6 is 0 Å². The summed E-state index contributed by atoms with van der Waals surface area (Å²) in [5.74, 6) is -2.40. The number of unbranched alkanes of at least 4 members (excludes halogenated alkanes) is 2. The van der Waals surface area contributed by atoms with Crippen LogP contribution in [-0.4, -0.2) is 85.9 Å². The molecule has 0 radical (unpaired) electrons. The summed E-state index contributed by atoms with van der Waals surface area (Å²) in [5, 5.41) is 5.32. The van der Waals surface area contributed by atoms with E-state index >= 15 is 0 Å². The molecular formula is C24H40N2O11. The van der Waals surface area contributed by atoms with Gasteiger partial charge in [-0.05, 0) is 40.0 Å². The summed E-state index contributed by atoms with van der Waals surface area (Å²) in [6, 6.07) is -1.01. The van der Waals surface area contributed by atoms with E-state index in [-0.39, 0.29) is 13.2 Å². The van der Waals surface area contributed by atoms with E-state index in [1.165, 1.54) is 27.7 Å². The van der Waals surface area contributed by atoms with E-state index in [2.05, 4.69) is 10.6 Å². The molecule has 1 saturated heterocycles. The Balaban J connectivity index is 2.83. The highest BCUT2D eigenvalue weighted by atomic mass is 16.7. The molecule has 212 valence electrons. The number of rotatable bonds is 12. The van der Waals surface area contributed by atoms with E-state index in [9.17, 15) is 24.0 Å². The molecule has 5 atom stereocenters. The van der Waals surface area contributed by atoms with E-state index in [0.29, 0.717) is 25.8 Å². The Bertz CT molecular complexity index is 796. The number of hydrogen-bond donors (Lipinski definition) is 2. The van der Waals surface area contributed by atoms with Gasteiger partial charge in [0, 0.05) is 40.8 Å². The molecule has 0 aliphatic carbocycles. The smallest absolute Gasteiger partial charge is 0.407 e. The van der Waals surface area contributed by atoms with Crippen LogP contribution in [0.25, 0.3) is 0 Å². The van der Waals surface area contributed by atoms with Gasteiger partial charge in [0.1, 0.15) is 24.4 Å². The Morgan fingerprint density at radius 3 is 2.00 bits per heavy atom. The second-order valence-electron chi connectivity index (χ2n) is 9.58. The zero-order valence-electron chi connectivity index (χ0n) is 22.6. The predicted molar refractivity (Wildman–Crippen MR) is 128 cm³/mol. The summed E-state index contributed by atoms with van der Waals surface area (Å²) >= 11 is 0. The molecule has 2 amide bonds. The van der Waals surface area contributed by atoms with Crippen molar-refractivity contribution >= 4 is 29.9 Å². The van der Waals surface area contributed by atoms with Crippen molar-refractivity contribution in [1.82, 2.24) is 10.6 Å². The van der Waals surface area contributed by atoms with Gasteiger partial charge in [0.05, 0.1) is 0 Å². The van der Waals surface area contributed by atoms with Crippen molar-refractivity contribution < 1.29 is 52.4 Å². The Hall–Kier alpha value is -2.93. The van der Waals surface area contributed by atoms with Crippen LogP contribution in [0.5, 0.6) is 0 Å². The van der Waals surface area contributed by atoms with E-state index in [1.807, 2.05) is 0 Å². The molecule has 0 spiro atoms. The maximum absolute atomic E-state index is 11.9. The van der Waals surface area contributed by atoms with E-state index in [0.717, 1.165) is 0 Å². The first-order valence-corrected chi connectivity index (χ1v) is 12.2. The first-order chi connectivity index (χ1) is 17.2. The van der Waals surface area contributed by atoms with Crippen molar-refractivity contribution in [3.63, 3.8) is 0 Å². The summed E-state index contributed by atoms with van der Waals surface area (Å²) in [5.41, 5.74) is -0.575. The van der Waals surface area contributed by atoms with E-state index < -0.39 is 66.2 Å². The van der Waals surface area contributed by atoms with Crippen LogP contribution in [0.3, 0.4) is 0 Å². The lowest BCUT2D eigenvalue weighted by Crippen LogP contribution is -2.66. The molecule has 0 saturated carbocycles. The van der Waals surface area contributed by atoms with Gasteiger partial charge in [-0.2, -0.15) is 0 Å². The van der Waals surface area contributed by atoms with Crippen molar-refractivity contribution in [2.75, 3.05) is 19.8 Å². The van der Waals surface area contributed by atoms with E-state index in [4.69, 9.17) is 28.4 Å². The maximum atomic E-state index is 11.9. The lowest BCUT2D eigenvalue weighted by atomic mass is 9.96. The van der Waals surface area contributed by atoms with Crippen LogP contribution in [0.4, 0.5) is 4.79 Å². The monoisotopic (exact) mass is 532 g/mol. The fourth-order valence-corrected chi connectivity index (χ4v) is 3.54. The van der Waals surface area contributed by atoms with Gasteiger partial charge in [0.15, 0.2) is 18.5 Å². The predicted octanol–water partition coefficient (Wildman–Crippen LogP) is 1.35. The summed E-state index contributed by atoms with van der Waals surface area (Å²) in [6.07, 6.45) is -2.99. The number of ether oxygens (including phenoxy) is 6.